The molecule has 0 saturated heterocycles. The van der Waals surface area contributed by atoms with Crippen LogP contribution in [0.4, 0.5) is 11.4 Å². The molecular weight excluding hydrogens is 194 g/mol. The molecule has 3 N–H and O–H groups in total. The number of anilines is 2. The first-order chi connectivity index (χ1) is 6.93. The lowest BCUT2D eigenvalue weighted by Crippen LogP contribution is -2.30. The van der Waals surface area contributed by atoms with Crippen molar-refractivity contribution in [2.75, 3.05) is 16.5 Å². The van der Waals surface area contributed by atoms with Crippen molar-refractivity contribution in [3.05, 3.63) is 35.4 Å². The number of hydrogen-bond acceptors (Lipinski definition) is 4. The average molecular weight is 205 g/mol. The molecule has 0 aromatic heterocycles. The van der Waals surface area contributed by atoms with E-state index in [1.54, 1.807) is 11.8 Å². The van der Waals surface area contributed by atoms with Gasteiger partial charge in [0.1, 0.15) is 6.17 Å². The molecule has 0 unspecified atom stereocenters. The molecule has 2 aliphatic heterocycles. The van der Waals surface area contributed by atoms with Gasteiger partial charge in [0, 0.05) is 0 Å². The lowest BCUT2D eigenvalue weighted by atomic mass is 10.3. The molecule has 1 aromatic rings. The van der Waals surface area contributed by atoms with Crippen LogP contribution >= 0.6 is 11.8 Å². The fourth-order valence-electron chi connectivity index (χ4n) is 1.71. The number of fused-ring (bicyclic) bond motifs is 1. The minimum atomic E-state index is 0.211. The van der Waals surface area contributed by atoms with Crippen LogP contribution in [-0.4, -0.2) is 12.0 Å². The predicted octanol–water partition coefficient (Wildman–Crippen LogP) is 1.99. The normalized spacial score (nSPS) is 19.3. The maximum atomic E-state index is 3.42. The second kappa shape index (κ2) is 3.13. The second-order valence-corrected chi connectivity index (χ2v) is 4.19. The fourth-order valence-corrected chi connectivity index (χ4v) is 2.44. The monoisotopic (exact) mass is 205 g/mol. The van der Waals surface area contributed by atoms with E-state index in [0.29, 0.717) is 0 Å². The Bertz CT molecular complexity index is 364. The van der Waals surface area contributed by atoms with E-state index >= 15 is 0 Å². The van der Waals surface area contributed by atoms with Gasteiger partial charge in [-0.2, -0.15) is 0 Å². The molecule has 0 amide bonds. The highest BCUT2D eigenvalue weighted by Gasteiger charge is 2.23. The standard InChI is InChI=1S/C10H11N3S/c1-2-4-8-7(3-1)12-10(13-8)9-5-14-6-11-9/h1-5,10-13H,6H2. The van der Waals surface area contributed by atoms with E-state index in [1.165, 1.54) is 17.1 Å². The Balaban J connectivity index is 1.84. The average Bonchev–Trinajstić information content (AvgIpc) is 2.86. The van der Waals surface area contributed by atoms with Gasteiger partial charge in [0.15, 0.2) is 0 Å². The molecule has 14 heavy (non-hydrogen) atoms. The fraction of sp³-hybridized carbons (Fsp3) is 0.200. The smallest absolute Gasteiger partial charge is 0.139 e. The van der Waals surface area contributed by atoms with Gasteiger partial charge < -0.3 is 16.0 Å². The third-order valence-corrected chi connectivity index (χ3v) is 3.14. The highest BCUT2D eigenvalue weighted by Crippen LogP contribution is 2.31. The number of hydrogen-bond donors (Lipinski definition) is 3. The molecule has 0 spiro atoms. The van der Waals surface area contributed by atoms with E-state index < -0.39 is 0 Å². The van der Waals surface area contributed by atoms with E-state index in [-0.39, 0.29) is 6.17 Å². The Morgan fingerprint density at radius 1 is 1.14 bits per heavy atom. The zero-order chi connectivity index (χ0) is 9.38. The summed E-state index contributed by atoms with van der Waals surface area (Å²) in [6.45, 7) is 0. The van der Waals surface area contributed by atoms with Crippen molar-refractivity contribution in [3.8, 4) is 0 Å². The highest BCUT2D eigenvalue weighted by molar-refractivity contribution is 8.02. The van der Waals surface area contributed by atoms with E-state index in [2.05, 4.69) is 33.5 Å². The zero-order valence-corrected chi connectivity index (χ0v) is 8.40. The summed E-state index contributed by atoms with van der Waals surface area (Å²) >= 11 is 1.79. The summed E-state index contributed by atoms with van der Waals surface area (Å²) in [5.41, 5.74) is 3.58. The summed E-state index contributed by atoms with van der Waals surface area (Å²) in [5.74, 6) is 0.978. The summed E-state index contributed by atoms with van der Waals surface area (Å²) in [6.07, 6.45) is 0.211. The minimum Gasteiger partial charge on any atom is -0.375 e. The number of nitrogens with one attached hydrogen (secondary N) is 3. The Labute approximate surface area is 87.0 Å². The molecule has 3 nitrogen and oxygen atoms in total. The van der Waals surface area contributed by atoms with E-state index in [1.807, 2.05) is 12.1 Å². The molecule has 0 aliphatic carbocycles. The highest BCUT2D eigenvalue weighted by atomic mass is 32.2. The molecular formula is C10H11N3S. The van der Waals surface area contributed by atoms with Crippen LogP contribution in [0, 0.1) is 0 Å². The van der Waals surface area contributed by atoms with Crippen molar-refractivity contribution in [3.63, 3.8) is 0 Å². The quantitative estimate of drug-likeness (QED) is 0.655. The second-order valence-electron chi connectivity index (χ2n) is 3.33. The first kappa shape index (κ1) is 8.05. The first-order valence-corrected chi connectivity index (χ1v) is 5.66. The van der Waals surface area contributed by atoms with Gasteiger partial charge in [-0.3, -0.25) is 0 Å². The Hall–Kier alpha value is -1.29. The maximum absolute atomic E-state index is 3.42. The van der Waals surface area contributed by atoms with Crippen molar-refractivity contribution >= 4 is 23.1 Å². The largest absolute Gasteiger partial charge is 0.375 e. The molecule has 2 heterocycles. The lowest BCUT2D eigenvalue weighted by molar-refractivity contribution is 0.846. The van der Waals surface area contributed by atoms with Gasteiger partial charge in [0.05, 0.1) is 22.9 Å². The third-order valence-electron chi connectivity index (χ3n) is 2.41. The van der Waals surface area contributed by atoms with Gasteiger partial charge in [-0.05, 0) is 17.5 Å². The molecule has 3 rings (SSSR count). The first-order valence-electron chi connectivity index (χ1n) is 4.61. The van der Waals surface area contributed by atoms with Crippen molar-refractivity contribution in [2.24, 2.45) is 0 Å². The van der Waals surface area contributed by atoms with Crippen LogP contribution in [0.5, 0.6) is 0 Å². The van der Waals surface area contributed by atoms with Gasteiger partial charge in [-0.1, -0.05) is 12.1 Å². The Kier molecular flexibility index (Phi) is 1.80. The topological polar surface area (TPSA) is 36.1 Å². The summed E-state index contributed by atoms with van der Waals surface area (Å²) in [6, 6.07) is 8.26. The molecule has 72 valence electrons. The molecule has 2 aliphatic rings. The molecule has 0 atom stereocenters. The zero-order valence-electron chi connectivity index (χ0n) is 7.58. The van der Waals surface area contributed by atoms with Gasteiger partial charge in [-0.15, -0.1) is 11.8 Å². The number of rotatable bonds is 1. The van der Waals surface area contributed by atoms with Crippen LogP contribution in [0.2, 0.25) is 0 Å². The van der Waals surface area contributed by atoms with E-state index in [0.717, 1.165) is 5.88 Å². The van der Waals surface area contributed by atoms with Gasteiger partial charge in [0.25, 0.3) is 0 Å². The number of thioether (sulfide) groups is 1. The van der Waals surface area contributed by atoms with Crippen molar-refractivity contribution in [1.29, 1.82) is 0 Å². The summed E-state index contributed by atoms with van der Waals surface area (Å²) in [4.78, 5) is 0. The van der Waals surface area contributed by atoms with Crippen molar-refractivity contribution in [1.82, 2.24) is 5.32 Å². The van der Waals surface area contributed by atoms with Crippen LogP contribution in [0.3, 0.4) is 0 Å². The van der Waals surface area contributed by atoms with Crippen LogP contribution < -0.4 is 16.0 Å². The third kappa shape index (κ3) is 1.23. The Morgan fingerprint density at radius 3 is 2.43 bits per heavy atom. The van der Waals surface area contributed by atoms with Crippen molar-refractivity contribution < 1.29 is 0 Å². The van der Waals surface area contributed by atoms with Gasteiger partial charge in [0.2, 0.25) is 0 Å². The SMILES string of the molecule is C1=C(C2Nc3ccccc3N2)NCS1. The lowest BCUT2D eigenvalue weighted by Gasteiger charge is -2.13. The van der Waals surface area contributed by atoms with E-state index in [9.17, 15) is 0 Å². The van der Waals surface area contributed by atoms with Crippen LogP contribution in [0.1, 0.15) is 0 Å². The number of benzene rings is 1. The van der Waals surface area contributed by atoms with Gasteiger partial charge >= 0.3 is 0 Å². The molecule has 0 radical (unpaired) electrons. The number of para-hydroxylation sites is 2. The molecule has 4 heteroatoms. The summed E-state index contributed by atoms with van der Waals surface area (Å²) in [7, 11) is 0. The minimum absolute atomic E-state index is 0.211. The predicted molar refractivity (Wildman–Crippen MR) is 61.2 cm³/mol. The van der Waals surface area contributed by atoms with E-state index in [4.69, 9.17) is 0 Å². The maximum Gasteiger partial charge on any atom is 0.139 e. The molecule has 0 saturated carbocycles. The van der Waals surface area contributed by atoms with Crippen molar-refractivity contribution in [2.45, 2.75) is 6.17 Å². The summed E-state index contributed by atoms with van der Waals surface area (Å²) in [5, 5.41) is 12.3. The van der Waals surface area contributed by atoms with Gasteiger partial charge in [-0.25, -0.2) is 0 Å². The van der Waals surface area contributed by atoms with Crippen LogP contribution in [0.15, 0.2) is 35.4 Å². The molecule has 1 aromatic carbocycles. The molecule has 0 fully saturated rings. The summed E-state index contributed by atoms with van der Waals surface area (Å²) < 4.78 is 0. The van der Waals surface area contributed by atoms with Crippen LogP contribution in [-0.2, 0) is 0 Å². The van der Waals surface area contributed by atoms with Crippen LogP contribution in [0.25, 0.3) is 0 Å². The molecule has 0 bridgehead atoms. The Morgan fingerprint density at radius 2 is 1.86 bits per heavy atom.